The molecule has 5 saturated carbocycles. The van der Waals surface area contributed by atoms with E-state index >= 15 is 0 Å². The van der Waals surface area contributed by atoms with Crippen LogP contribution in [0.2, 0.25) is 0 Å². The third-order valence-corrected chi connectivity index (χ3v) is 8.76. The SMILES string of the molecule is CC1(C)CC2CC(C)(CN2CCNCC23CC4CC(CC(C4)C2)C3)C1. The summed E-state index contributed by atoms with van der Waals surface area (Å²) in [7, 11) is 0. The van der Waals surface area contributed by atoms with Crippen LogP contribution in [0, 0.1) is 34.0 Å². The van der Waals surface area contributed by atoms with Crippen molar-refractivity contribution in [1.82, 2.24) is 10.2 Å². The van der Waals surface area contributed by atoms with Crippen LogP contribution in [0.25, 0.3) is 0 Å². The minimum Gasteiger partial charge on any atom is -0.315 e. The van der Waals surface area contributed by atoms with Crippen molar-refractivity contribution in [2.75, 3.05) is 26.2 Å². The zero-order valence-electron chi connectivity index (χ0n) is 16.9. The van der Waals surface area contributed by atoms with Crippen LogP contribution in [0.3, 0.4) is 0 Å². The molecule has 0 amide bonds. The Morgan fingerprint density at radius 3 is 2.16 bits per heavy atom. The highest BCUT2D eigenvalue weighted by Crippen LogP contribution is 2.59. The lowest BCUT2D eigenvalue weighted by atomic mass is 9.49. The zero-order valence-corrected chi connectivity index (χ0v) is 16.9. The first-order valence-electron chi connectivity index (χ1n) is 11.3. The van der Waals surface area contributed by atoms with Crippen LogP contribution in [-0.2, 0) is 0 Å². The van der Waals surface area contributed by atoms with Gasteiger partial charge in [-0.25, -0.2) is 0 Å². The Balaban J connectivity index is 1.13. The summed E-state index contributed by atoms with van der Waals surface area (Å²) < 4.78 is 0. The van der Waals surface area contributed by atoms with Crippen molar-refractivity contribution in [2.24, 2.45) is 34.0 Å². The molecule has 0 spiro atoms. The molecule has 1 heterocycles. The zero-order chi connectivity index (χ0) is 17.3. The Morgan fingerprint density at radius 1 is 0.880 bits per heavy atom. The number of rotatable bonds is 5. The predicted octanol–water partition coefficient (Wildman–Crippen LogP) is 4.69. The first-order valence-corrected chi connectivity index (χ1v) is 11.3. The summed E-state index contributed by atoms with van der Waals surface area (Å²) in [4.78, 5) is 2.83. The molecule has 0 aromatic rings. The molecule has 5 aliphatic carbocycles. The topological polar surface area (TPSA) is 15.3 Å². The van der Waals surface area contributed by atoms with E-state index in [1.54, 1.807) is 38.5 Å². The largest absolute Gasteiger partial charge is 0.315 e. The molecule has 2 unspecified atom stereocenters. The van der Waals surface area contributed by atoms with Gasteiger partial charge in [-0.05, 0) is 91.8 Å². The van der Waals surface area contributed by atoms with Gasteiger partial charge in [0.1, 0.15) is 0 Å². The van der Waals surface area contributed by atoms with Crippen LogP contribution < -0.4 is 5.32 Å². The molecule has 1 N–H and O–H groups in total. The lowest BCUT2D eigenvalue weighted by molar-refractivity contribution is -0.0513. The Labute approximate surface area is 155 Å². The van der Waals surface area contributed by atoms with Gasteiger partial charge < -0.3 is 5.32 Å². The monoisotopic (exact) mass is 344 g/mol. The van der Waals surface area contributed by atoms with Crippen LogP contribution in [0.15, 0.2) is 0 Å². The molecule has 25 heavy (non-hydrogen) atoms. The third kappa shape index (κ3) is 3.20. The van der Waals surface area contributed by atoms with Crippen LogP contribution >= 0.6 is 0 Å². The second-order valence-corrected chi connectivity index (χ2v) is 12.3. The quantitative estimate of drug-likeness (QED) is 0.728. The summed E-state index contributed by atoms with van der Waals surface area (Å²) in [5.74, 6) is 3.27. The van der Waals surface area contributed by atoms with Gasteiger partial charge in [0.25, 0.3) is 0 Å². The maximum atomic E-state index is 3.94. The first kappa shape index (κ1) is 17.0. The summed E-state index contributed by atoms with van der Waals surface area (Å²) >= 11 is 0. The summed E-state index contributed by atoms with van der Waals surface area (Å²) in [6.07, 6.45) is 13.6. The summed E-state index contributed by atoms with van der Waals surface area (Å²) in [5.41, 5.74) is 1.84. The molecule has 0 radical (unpaired) electrons. The maximum absolute atomic E-state index is 3.94. The van der Waals surface area contributed by atoms with Gasteiger partial charge in [-0.1, -0.05) is 20.8 Å². The Kier molecular flexibility index (Phi) is 3.89. The number of hydrogen-bond acceptors (Lipinski definition) is 2. The molecule has 142 valence electrons. The average Bonchev–Trinajstić information content (AvgIpc) is 2.70. The van der Waals surface area contributed by atoms with E-state index in [0.717, 1.165) is 23.8 Å². The second kappa shape index (κ2) is 5.71. The van der Waals surface area contributed by atoms with Gasteiger partial charge in [0.2, 0.25) is 0 Å². The highest BCUT2D eigenvalue weighted by molar-refractivity contribution is 5.04. The summed E-state index contributed by atoms with van der Waals surface area (Å²) in [6, 6.07) is 0.857. The van der Waals surface area contributed by atoms with Gasteiger partial charge in [0.05, 0.1) is 0 Å². The number of nitrogens with zero attached hydrogens (tertiary/aromatic N) is 1. The van der Waals surface area contributed by atoms with Crippen molar-refractivity contribution in [1.29, 1.82) is 0 Å². The van der Waals surface area contributed by atoms with Crippen molar-refractivity contribution in [3.63, 3.8) is 0 Å². The molecule has 1 saturated heterocycles. The molecule has 6 fully saturated rings. The molecular formula is C23H40N2. The minimum atomic E-state index is 0.555. The van der Waals surface area contributed by atoms with Crippen molar-refractivity contribution < 1.29 is 0 Å². The van der Waals surface area contributed by atoms with Crippen LogP contribution in [-0.4, -0.2) is 37.1 Å². The molecule has 2 atom stereocenters. The van der Waals surface area contributed by atoms with E-state index < -0.39 is 0 Å². The lowest BCUT2D eigenvalue weighted by Crippen LogP contribution is -2.51. The fourth-order valence-electron chi connectivity index (χ4n) is 8.92. The van der Waals surface area contributed by atoms with E-state index in [-0.39, 0.29) is 0 Å². The van der Waals surface area contributed by atoms with Crippen molar-refractivity contribution in [3.05, 3.63) is 0 Å². The first-order chi connectivity index (χ1) is 11.8. The smallest absolute Gasteiger partial charge is 0.0110 e. The molecule has 2 heteroatoms. The predicted molar refractivity (Wildman–Crippen MR) is 105 cm³/mol. The number of likely N-dealkylation sites (tertiary alicyclic amines) is 1. The number of hydrogen-bond donors (Lipinski definition) is 1. The van der Waals surface area contributed by atoms with Crippen molar-refractivity contribution in [2.45, 2.75) is 84.6 Å². The van der Waals surface area contributed by atoms with E-state index in [4.69, 9.17) is 0 Å². The van der Waals surface area contributed by atoms with E-state index in [1.807, 2.05) is 0 Å². The normalized spacial score (nSPS) is 50.5. The molecular weight excluding hydrogens is 304 g/mol. The average molecular weight is 345 g/mol. The molecule has 2 nitrogen and oxygen atoms in total. The number of nitrogens with one attached hydrogen (secondary N) is 1. The van der Waals surface area contributed by atoms with Gasteiger partial charge in [-0.2, -0.15) is 0 Å². The standard InChI is InChI=1S/C23H40N2/c1-21(2)12-20-13-22(3,14-21)16-25(20)5-4-24-15-23-9-17-6-18(10-23)8-19(7-17)11-23/h17-20,24H,4-16H2,1-3H3. The molecule has 6 aliphatic rings. The number of fused-ring (bicyclic) bond motifs is 2. The van der Waals surface area contributed by atoms with Crippen molar-refractivity contribution in [3.8, 4) is 0 Å². The minimum absolute atomic E-state index is 0.555. The highest BCUT2D eigenvalue weighted by atomic mass is 15.2. The Morgan fingerprint density at radius 2 is 1.52 bits per heavy atom. The third-order valence-electron chi connectivity index (χ3n) is 8.76. The summed E-state index contributed by atoms with van der Waals surface area (Å²) in [6.45, 7) is 12.7. The Bertz CT molecular complexity index is 489. The van der Waals surface area contributed by atoms with Gasteiger partial charge in [-0.3, -0.25) is 4.90 Å². The van der Waals surface area contributed by atoms with Gasteiger partial charge in [0, 0.05) is 32.2 Å². The van der Waals surface area contributed by atoms with Gasteiger partial charge in [0.15, 0.2) is 0 Å². The fourth-order valence-corrected chi connectivity index (χ4v) is 8.92. The molecule has 1 aliphatic heterocycles. The molecule has 6 bridgehead atoms. The van der Waals surface area contributed by atoms with E-state index in [2.05, 4.69) is 31.0 Å². The van der Waals surface area contributed by atoms with Crippen LogP contribution in [0.4, 0.5) is 0 Å². The maximum Gasteiger partial charge on any atom is 0.0110 e. The van der Waals surface area contributed by atoms with Crippen LogP contribution in [0.5, 0.6) is 0 Å². The van der Waals surface area contributed by atoms with Crippen molar-refractivity contribution >= 4 is 0 Å². The lowest BCUT2D eigenvalue weighted by Gasteiger charge is -2.57. The van der Waals surface area contributed by atoms with Gasteiger partial charge >= 0.3 is 0 Å². The Hall–Kier alpha value is -0.0800. The van der Waals surface area contributed by atoms with E-state index in [1.165, 1.54) is 45.4 Å². The van der Waals surface area contributed by atoms with Crippen LogP contribution in [0.1, 0.15) is 78.6 Å². The van der Waals surface area contributed by atoms with Gasteiger partial charge in [-0.15, -0.1) is 0 Å². The highest BCUT2D eigenvalue weighted by Gasteiger charge is 2.51. The van der Waals surface area contributed by atoms with E-state index in [0.29, 0.717) is 16.2 Å². The fraction of sp³-hybridized carbons (Fsp3) is 1.00. The molecule has 6 rings (SSSR count). The molecule has 0 aromatic heterocycles. The van der Waals surface area contributed by atoms with E-state index in [9.17, 15) is 0 Å². The summed E-state index contributed by atoms with van der Waals surface area (Å²) in [5, 5.41) is 3.94. The second-order valence-electron chi connectivity index (χ2n) is 12.3. The molecule has 0 aromatic carbocycles.